The molecule has 1 aromatic carbocycles. The number of nitrogens with zero attached hydrogens (tertiary/aromatic N) is 2. The molecule has 4 N–H and O–H groups in total. The maximum absolute atomic E-state index is 13.0. The Morgan fingerprint density at radius 2 is 2.00 bits per heavy atom. The van der Waals surface area contributed by atoms with Gasteiger partial charge in [0, 0.05) is 5.75 Å². The van der Waals surface area contributed by atoms with Crippen molar-refractivity contribution in [2.45, 2.75) is 31.8 Å². The number of nitrogens with two attached hydrogens (primary N) is 1. The Kier molecular flexibility index (Phi) is 8.26. The van der Waals surface area contributed by atoms with Crippen LogP contribution in [0.15, 0.2) is 30.5 Å². The topological polar surface area (TPSA) is 95.9 Å². The molecule has 0 bridgehead atoms. The van der Waals surface area contributed by atoms with E-state index in [1.165, 1.54) is 27.7 Å². The van der Waals surface area contributed by atoms with Gasteiger partial charge in [0.15, 0.2) is 5.52 Å². The first-order valence-corrected chi connectivity index (χ1v) is 11.4. The van der Waals surface area contributed by atoms with Gasteiger partial charge in [-0.1, -0.05) is 32.6 Å². The number of carboxylic acid groups (broad SMARTS) is 1. The van der Waals surface area contributed by atoms with E-state index in [1.54, 1.807) is 0 Å². The number of pyridine rings is 1. The highest BCUT2D eigenvalue weighted by molar-refractivity contribution is 8.76. The van der Waals surface area contributed by atoms with Gasteiger partial charge in [-0.2, -0.15) is 13.2 Å². The van der Waals surface area contributed by atoms with Crippen LogP contribution in [0.25, 0.3) is 17.0 Å². The van der Waals surface area contributed by atoms with Crippen molar-refractivity contribution in [3.05, 3.63) is 52.8 Å². The number of carboxylic acids is 1. The number of nitrogens with one attached hydrogen (secondary N) is 1. The molecule has 0 aliphatic rings. The number of imidazole rings is 1. The fraction of sp³-hybridized carbons (Fsp3) is 0.316. The van der Waals surface area contributed by atoms with Crippen LogP contribution < -0.4 is 22.7 Å². The van der Waals surface area contributed by atoms with Gasteiger partial charge in [0.1, 0.15) is 11.6 Å². The summed E-state index contributed by atoms with van der Waals surface area (Å²) < 4.78 is 40.8. The fourth-order valence-electron chi connectivity index (χ4n) is 2.88. The number of hydrogen-bond donors (Lipinski definition) is 3. The number of carbonyl (C=O) groups is 1. The van der Waals surface area contributed by atoms with Crippen LogP contribution >= 0.6 is 21.6 Å². The summed E-state index contributed by atoms with van der Waals surface area (Å²) >= 11 is 0. The van der Waals surface area contributed by atoms with Crippen molar-refractivity contribution in [1.82, 2.24) is 9.97 Å². The summed E-state index contributed by atoms with van der Waals surface area (Å²) in [7, 11) is 2.81. The highest BCUT2D eigenvalue weighted by atomic mass is 35.5. The van der Waals surface area contributed by atoms with Gasteiger partial charge in [0.2, 0.25) is 0 Å². The lowest BCUT2D eigenvalue weighted by molar-refractivity contribution is -0.611. The zero-order valence-corrected chi connectivity index (χ0v) is 18.9. The number of aryl methyl sites for hydroxylation is 2. The molecule has 0 spiro atoms. The van der Waals surface area contributed by atoms with Crippen LogP contribution in [0.5, 0.6) is 0 Å². The van der Waals surface area contributed by atoms with E-state index in [9.17, 15) is 18.0 Å². The Morgan fingerprint density at radius 3 is 2.65 bits per heavy atom. The Hall–Kier alpha value is -1.95. The van der Waals surface area contributed by atoms with Gasteiger partial charge < -0.3 is 23.2 Å². The number of aromatic amines is 1. The first-order valence-electron chi connectivity index (χ1n) is 8.88. The predicted octanol–water partition coefficient (Wildman–Crippen LogP) is 0.773. The second kappa shape index (κ2) is 10.1. The lowest BCUT2D eigenvalue weighted by atomic mass is 10.2. The minimum Gasteiger partial charge on any atom is -1.00 e. The number of alkyl halides is 3. The standard InChI is InChI=1S/C19H19F3N4O2S2.ClH/c1-10-5-11(2)16(9-30-29-8-13(23)17(27)28)26(7-10)18-24-14-4-3-12(19(20,21)22)6-15(14)25-18;/h3-7,13H,8-9,23H2,1-2H3,(H-,24,25,27,28);1H/t13-;/m0./s1. The molecule has 0 amide bonds. The molecule has 12 heteroatoms. The number of benzene rings is 1. The van der Waals surface area contributed by atoms with Crippen molar-refractivity contribution in [3.8, 4) is 5.95 Å². The lowest BCUT2D eigenvalue weighted by Gasteiger charge is -2.10. The Morgan fingerprint density at radius 1 is 1.29 bits per heavy atom. The second-order valence-electron chi connectivity index (χ2n) is 6.80. The van der Waals surface area contributed by atoms with E-state index in [-0.39, 0.29) is 23.7 Å². The quantitative estimate of drug-likeness (QED) is 0.256. The molecule has 3 rings (SSSR count). The van der Waals surface area contributed by atoms with E-state index in [2.05, 4.69) is 9.97 Å². The van der Waals surface area contributed by atoms with Gasteiger partial charge in [0.05, 0.1) is 23.2 Å². The van der Waals surface area contributed by atoms with Gasteiger partial charge in [0.25, 0.3) is 0 Å². The first kappa shape index (κ1) is 25.3. The van der Waals surface area contributed by atoms with Crippen molar-refractivity contribution in [2.75, 3.05) is 5.75 Å². The van der Waals surface area contributed by atoms with E-state index in [4.69, 9.17) is 10.8 Å². The van der Waals surface area contributed by atoms with Crippen LogP contribution in [0.3, 0.4) is 0 Å². The maximum atomic E-state index is 13.0. The van der Waals surface area contributed by atoms with E-state index < -0.39 is 23.8 Å². The molecule has 0 fully saturated rings. The number of rotatable bonds is 7. The first-order chi connectivity index (χ1) is 14.1. The molecule has 3 aromatic rings. The van der Waals surface area contributed by atoms with Crippen LogP contribution in [-0.2, 0) is 16.7 Å². The smallest absolute Gasteiger partial charge is 0.416 e. The average molecular weight is 493 g/mol. The third kappa shape index (κ3) is 6.06. The van der Waals surface area contributed by atoms with Gasteiger partial charge in [-0.25, -0.2) is 9.55 Å². The summed E-state index contributed by atoms with van der Waals surface area (Å²) in [6, 6.07) is 4.48. The van der Waals surface area contributed by atoms with Gasteiger partial charge >= 0.3 is 18.1 Å². The largest absolute Gasteiger partial charge is 1.00 e. The van der Waals surface area contributed by atoms with Crippen molar-refractivity contribution >= 4 is 38.6 Å². The summed E-state index contributed by atoms with van der Waals surface area (Å²) in [6.07, 6.45) is -2.57. The molecule has 0 aliphatic heterocycles. The summed E-state index contributed by atoms with van der Waals surface area (Å²) in [5.41, 5.74) is 8.36. The van der Waals surface area contributed by atoms with Gasteiger partial charge in [-0.15, -0.1) is 0 Å². The molecule has 2 aromatic heterocycles. The molecular weight excluding hydrogens is 473 g/mol. The van der Waals surface area contributed by atoms with Crippen molar-refractivity contribution in [2.24, 2.45) is 5.73 Å². The molecular formula is C19H20ClF3N4O2S2. The zero-order chi connectivity index (χ0) is 22.1. The highest BCUT2D eigenvalue weighted by Crippen LogP contribution is 2.31. The fourth-order valence-corrected chi connectivity index (χ4v) is 5.14. The van der Waals surface area contributed by atoms with Crippen LogP contribution in [-0.4, -0.2) is 32.8 Å². The second-order valence-corrected chi connectivity index (χ2v) is 9.31. The summed E-state index contributed by atoms with van der Waals surface area (Å²) in [4.78, 5) is 18.3. The molecule has 0 aliphatic carbocycles. The monoisotopic (exact) mass is 492 g/mol. The molecule has 168 valence electrons. The lowest BCUT2D eigenvalue weighted by Crippen LogP contribution is -3.00. The van der Waals surface area contributed by atoms with Crippen LogP contribution in [0.1, 0.15) is 22.4 Å². The Labute approximate surface area is 190 Å². The van der Waals surface area contributed by atoms with E-state index in [0.717, 1.165) is 29.0 Å². The number of aromatic nitrogens is 3. The third-order valence-corrected chi connectivity index (χ3v) is 6.71. The van der Waals surface area contributed by atoms with Gasteiger partial charge in [-0.3, -0.25) is 4.79 Å². The molecule has 0 unspecified atom stereocenters. The van der Waals surface area contributed by atoms with Crippen LogP contribution in [0.4, 0.5) is 13.2 Å². The molecule has 2 heterocycles. The van der Waals surface area contributed by atoms with Crippen molar-refractivity contribution in [3.63, 3.8) is 0 Å². The average Bonchev–Trinajstić information content (AvgIpc) is 3.08. The van der Waals surface area contributed by atoms with Crippen LogP contribution in [0, 0.1) is 13.8 Å². The third-order valence-electron chi connectivity index (χ3n) is 4.39. The summed E-state index contributed by atoms with van der Waals surface area (Å²) in [5.74, 6) is 0.160. The minimum absolute atomic E-state index is 0. The predicted molar refractivity (Wildman–Crippen MR) is 111 cm³/mol. The highest BCUT2D eigenvalue weighted by Gasteiger charge is 2.32. The molecule has 31 heavy (non-hydrogen) atoms. The number of halogens is 4. The maximum Gasteiger partial charge on any atom is 0.416 e. The Balaban J connectivity index is 0.00000341. The van der Waals surface area contributed by atoms with Crippen molar-refractivity contribution < 1.29 is 40.0 Å². The molecule has 6 nitrogen and oxygen atoms in total. The van der Waals surface area contributed by atoms with Gasteiger partial charge in [-0.05, 0) is 43.2 Å². The van der Waals surface area contributed by atoms with E-state index >= 15 is 0 Å². The Bertz CT molecular complexity index is 1090. The SMILES string of the molecule is Cc1cc(C)c(CSSC[C@H](N)C(=O)O)[n+](-c2nc3cc(C(F)(F)F)ccc3[nH]2)c1.[Cl-]. The van der Waals surface area contributed by atoms with Crippen molar-refractivity contribution in [1.29, 1.82) is 0 Å². The number of fused-ring (bicyclic) bond motifs is 1. The normalized spacial score (nSPS) is 12.6. The molecule has 1 atom stereocenters. The number of H-pyrrole nitrogens is 1. The zero-order valence-electron chi connectivity index (χ0n) is 16.5. The molecule has 0 saturated carbocycles. The minimum atomic E-state index is -4.43. The van der Waals surface area contributed by atoms with Crippen LogP contribution in [0.2, 0.25) is 0 Å². The summed E-state index contributed by atoms with van der Waals surface area (Å²) in [5, 5.41) is 8.87. The number of aliphatic carboxylic acids is 1. The van der Waals surface area contributed by atoms with E-state index in [1.807, 2.05) is 30.7 Å². The van der Waals surface area contributed by atoms with E-state index in [0.29, 0.717) is 17.2 Å². The summed E-state index contributed by atoms with van der Waals surface area (Å²) in [6.45, 7) is 3.86. The molecule has 0 radical (unpaired) electrons. The molecule has 0 saturated heterocycles. The number of hydrogen-bond acceptors (Lipinski definition) is 5.